The van der Waals surface area contributed by atoms with Crippen molar-refractivity contribution in [2.75, 3.05) is 7.11 Å². The van der Waals surface area contributed by atoms with Gasteiger partial charge in [0.05, 0.1) is 7.11 Å². The van der Waals surface area contributed by atoms with Gasteiger partial charge in [0.15, 0.2) is 0 Å². The molecule has 1 nitrogen and oxygen atoms in total. The molecular weight excluding hydrogens is 468 g/mol. The Morgan fingerprint density at radius 3 is 1.55 bits per heavy atom. The Bertz CT molecular complexity index is 1360. The Labute approximate surface area is 205 Å². The van der Waals surface area contributed by atoms with Crippen LogP contribution >= 0.6 is 15.9 Å². The topological polar surface area (TPSA) is 9.23 Å². The van der Waals surface area contributed by atoms with Crippen molar-refractivity contribution in [3.63, 3.8) is 0 Å². The number of hydrogen-bond donors (Lipinski definition) is 0. The molecule has 0 aromatic heterocycles. The monoisotopic (exact) mass is 496 g/mol. The summed E-state index contributed by atoms with van der Waals surface area (Å²) in [4.78, 5) is 0. The van der Waals surface area contributed by atoms with Gasteiger partial charge in [0.2, 0.25) is 0 Å². The molecule has 4 aromatic carbocycles. The Kier molecular flexibility index (Phi) is 5.25. The standard InChI is InChI=1S/C16H16O.C15H13Br/c1-16(2)14-7-5-4-6-12(14)13-9-8-11(17-3)10-15(13)16;1-15(2)13-6-4-3-5-11(13)12-8-7-10(16)9-14(12)15/h4-10H,1-3H3;3-9H,1-2H3. The Morgan fingerprint density at radius 1 is 0.545 bits per heavy atom. The predicted octanol–water partition coefficient (Wildman–Crippen LogP) is 8.76. The summed E-state index contributed by atoms with van der Waals surface area (Å²) in [5.41, 5.74) is 11.3. The molecule has 0 radical (unpaired) electrons. The molecule has 6 rings (SSSR count). The molecule has 0 heterocycles. The van der Waals surface area contributed by atoms with E-state index in [0.29, 0.717) is 0 Å². The van der Waals surface area contributed by atoms with E-state index in [0.717, 1.165) is 10.2 Å². The van der Waals surface area contributed by atoms with E-state index in [1.807, 2.05) is 6.07 Å². The Balaban J connectivity index is 0.000000139. The van der Waals surface area contributed by atoms with Gasteiger partial charge in [0.1, 0.15) is 5.75 Å². The highest BCUT2D eigenvalue weighted by molar-refractivity contribution is 9.10. The van der Waals surface area contributed by atoms with Crippen LogP contribution in [0.15, 0.2) is 89.4 Å². The second-order valence-corrected chi connectivity index (χ2v) is 10.9. The molecule has 2 heteroatoms. The summed E-state index contributed by atoms with van der Waals surface area (Å²) >= 11 is 3.56. The minimum atomic E-state index is 0.0699. The average Bonchev–Trinajstić information content (AvgIpc) is 3.19. The van der Waals surface area contributed by atoms with Crippen LogP contribution < -0.4 is 4.74 Å². The van der Waals surface area contributed by atoms with E-state index in [-0.39, 0.29) is 10.8 Å². The fourth-order valence-corrected chi connectivity index (χ4v) is 5.85. The first kappa shape index (κ1) is 22.0. The van der Waals surface area contributed by atoms with Crippen LogP contribution in [-0.4, -0.2) is 7.11 Å². The summed E-state index contributed by atoms with van der Waals surface area (Å²) in [5.74, 6) is 0.935. The van der Waals surface area contributed by atoms with Gasteiger partial charge in [-0.25, -0.2) is 0 Å². The van der Waals surface area contributed by atoms with E-state index in [2.05, 4.69) is 122 Å². The van der Waals surface area contributed by atoms with Gasteiger partial charge in [-0.3, -0.25) is 0 Å². The molecule has 0 unspecified atom stereocenters. The largest absolute Gasteiger partial charge is 0.497 e. The third-order valence-corrected chi connectivity index (χ3v) is 7.83. The number of fused-ring (bicyclic) bond motifs is 6. The lowest BCUT2D eigenvalue weighted by molar-refractivity contribution is 0.413. The molecule has 2 aliphatic rings. The zero-order chi connectivity index (χ0) is 23.4. The maximum Gasteiger partial charge on any atom is 0.119 e. The number of methoxy groups -OCH3 is 1. The second kappa shape index (κ2) is 7.88. The molecule has 0 bridgehead atoms. The molecule has 0 N–H and O–H groups in total. The van der Waals surface area contributed by atoms with Crippen LogP contribution in [0.25, 0.3) is 22.3 Å². The smallest absolute Gasteiger partial charge is 0.119 e. The fraction of sp³-hybridized carbons (Fsp3) is 0.226. The van der Waals surface area contributed by atoms with Crippen molar-refractivity contribution < 1.29 is 4.74 Å². The van der Waals surface area contributed by atoms with E-state index in [1.54, 1.807) is 7.11 Å². The molecule has 0 atom stereocenters. The summed E-state index contributed by atoms with van der Waals surface area (Å²) in [6.45, 7) is 9.14. The predicted molar refractivity (Wildman–Crippen MR) is 142 cm³/mol. The van der Waals surface area contributed by atoms with Crippen molar-refractivity contribution in [2.24, 2.45) is 0 Å². The van der Waals surface area contributed by atoms with Crippen molar-refractivity contribution in [1.82, 2.24) is 0 Å². The van der Waals surface area contributed by atoms with Crippen LogP contribution in [0, 0.1) is 0 Å². The van der Waals surface area contributed by atoms with E-state index in [1.165, 1.54) is 44.5 Å². The quantitative estimate of drug-likeness (QED) is 0.255. The lowest BCUT2D eigenvalue weighted by Crippen LogP contribution is -2.14. The molecule has 0 aliphatic heterocycles. The zero-order valence-corrected chi connectivity index (χ0v) is 21.5. The summed E-state index contributed by atoms with van der Waals surface area (Å²) in [5, 5.41) is 0. The van der Waals surface area contributed by atoms with Crippen molar-refractivity contribution in [2.45, 2.75) is 38.5 Å². The molecule has 0 saturated carbocycles. The lowest BCUT2D eigenvalue weighted by Gasteiger charge is -2.21. The maximum absolute atomic E-state index is 5.33. The summed E-state index contributed by atoms with van der Waals surface area (Å²) in [7, 11) is 1.72. The van der Waals surface area contributed by atoms with Gasteiger partial charge in [0, 0.05) is 15.3 Å². The maximum atomic E-state index is 5.33. The van der Waals surface area contributed by atoms with Crippen LogP contribution in [0.4, 0.5) is 0 Å². The number of benzene rings is 4. The van der Waals surface area contributed by atoms with E-state index in [9.17, 15) is 0 Å². The molecule has 33 heavy (non-hydrogen) atoms. The summed E-state index contributed by atoms with van der Waals surface area (Å²) in [6.07, 6.45) is 0. The van der Waals surface area contributed by atoms with E-state index < -0.39 is 0 Å². The third-order valence-electron chi connectivity index (χ3n) is 7.34. The fourth-order valence-electron chi connectivity index (χ4n) is 5.49. The van der Waals surface area contributed by atoms with Gasteiger partial charge in [0.25, 0.3) is 0 Å². The van der Waals surface area contributed by atoms with Crippen molar-refractivity contribution in [3.8, 4) is 28.0 Å². The first-order valence-electron chi connectivity index (χ1n) is 11.4. The number of ether oxygens (including phenoxy) is 1. The number of rotatable bonds is 1. The van der Waals surface area contributed by atoms with Gasteiger partial charge in [-0.15, -0.1) is 0 Å². The normalized spacial score (nSPS) is 15.5. The number of hydrogen-bond acceptors (Lipinski definition) is 1. The van der Waals surface area contributed by atoms with Gasteiger partial charge in [-0.05, 0) is 68.8 Å². The average molecular weight is 497 g/mol. The SMILES string of the molecule is CC1(C)c2ccccc2-c2ccc(Br)cc21.COc1ccc2c(c1)C(C)(C)c1ccccc1-2. The van der Waals surface area contributed by atoms with Crippen LogP contribution in [0.3, 0.4) is 0 Å². The highest BCUT2D eigenvalue weighted by Gasteiger charge is 2.36. The van der Waals surface area contributed by atoms with Crippen LogP contribution in [-0.2, 0) is 10.8 Å². The van der Waals surface area contributed by atoms with Gasteiger partial charge >= 0.3 is 0 Å². The van der Waals surface area contributed by atoms with Crippen LogP contribution in [0.5, 0.6) is 5.75 Å². The minimum absolute atomic E-state index is 0.0699. The van der Waals surface area contributed by atoms with E-state index in [4.69, 9.17) is 4.74 Å². The van der Waals surface area contributed by atoms with Crippen molar-refractivity contribution in [1.29, 1.82) is 0 Å². The lowest BCUT2D eigenvalue weighted by atomic mass is 9.82. The summed E-state index contributed by atoms with van der Waals surface area (Å²) < 4.78 is 6.49. The molecule has 2 aliphatic carbocycles. The molecule has 0 spiro atoms. The van der Waals surface area contributed by atoms with Crippen LogP contribution in [0.1, 0.15) is 49.9 Å². The van der Waals surface area contributed by atoms with Crippen molar-refractivity contribution >= 4 is 15.9 Å². The van der Waals surface area contributed by atoms with Gasteiger partial charge in [-0.2, -0.15) is 0 Å². The number of halogens is 1. The Hall–Kier alpha value is -2.84. The molecule has 0 amide bonds. The second-order valence-electron chi connectivity index (χ2n) is 9.94. The van der Waals surface area contributed by atoms with Crippen LogP contribution in [0.2, 0.25) is 0 Å². The molecule has 166 valence electrons. The van der Waals surface area contributed by atoms with E-state index >= 15 is 0 Å². The first-order chi connectivity index (χ1) is 15.7. The highest BCUT2D eigenvalue weighted by atomic mass is 79.9. The van der Waals surface area contributed by atoms with Crippen molar-refractivity contribution in [3.05, 3.63) is 112 Å². The minimum Gasteiger partial charge on any atom is -0.497 e. The van der Waals surface area contributed by atoms with Gasteiger partial charge in [-0.1, -0.05) is 104 Å². The first-order valence-corrected chi connectivity index (χ1v) is 12.2. The zero-order valence-electron chi connectivity index (χ0n) is 19.9. The molecule has 0 saturated heterocycles. The molecule has 4 aromatic rings. The third kappa shape index (κ3) is 3.43. The highest BCUT2D eigenvalue weighted by Crippen LogP contribution is 2.50. The summed E-state index contributed by atoms with van der Waals surface area (Å²) in [6, 6.07) is 30.3. The Morgan fingerprint density at radius 2 is 1.00 bits per heavy atom. The van der Waals surface area contributed by atoms with Gasteiger partial charge < -0.3 is 4.74 Å². The molecular formula is C31H29BrO. The molecule has 0 fully saturated rings.